The Kier molecular flexibility index (Phi) is 30.3. The number of carbonyl (C=O) groups excluding carboxylic acids is 4. The van der Waals surface area contributed by atoms with Crippen LogP contribution in [-0.4, -0.2) is 110 Å². The van der Waals surface area contributed by atoms with Crippen molar-refractivity contribution in [1.29, 1.82) is 0 Å². The van der Waals surface area contributed by atoms with E-state index >= 15 is 0 Å². The van der Waals surface area contributed by atoms with Crippen LogP contribution in [0.4, 0.5) is 22.0 Å². The SMILES string of the molecule is CCOC(=O)COc1nc(-c2ccc(F)cc2)cc(-c2ccc(Cl)c(F)c2)n1.CCOC(=O)COc1nc(Cl)cc(-c2ccc(Cl)c(F)c2)n1.CCOC(=O)COc1nc(Cl)cc(Cl)n1.O=C([O-])COc1nc(-c2ccc(F)cc2)cc(-c2ccc(Cl)c(F)c2)n1.[Na+]. The first-order valence-electron chi connectivity index (χ1n) is 26.1. The second kappa shape index (κ2) is 37.4. The summed E-state index contributed by atoms with van der Waals surface area (Å²) in [4.78, 5) is 76.3. The molecule has 0 unspecified atom stereocenters. The van der Waals surface area contributed by atoms with E-state index in [0.717, 1.165) is 0 Å². The molecule has 0 fully saturated rings. The Hall–Kier alpha value is -8.11. The number of carboxylic acids is 1. The summed E-state index contributed by atoms with van der Waals surface area (Å²) in [6.07, 6.45) is 0. The zero-order chi connectivity index (χ0) is 66.1. The summed E-state index contributed by atoms with van der Waals surface area (Å²) in [7, 11) is 0. The summed E-state index contributed by atoms with van der Waals surface area (Å²) in [5.74, 6) is -5.70. The largest absolute Gasteiger partial charge is 1.00 e. The van der Waals surface area contributed by atoms with Crippen LogP contribution in [0.3, 0.4) is 0 Å². The molecule has 0 saturated carbocycles. The number of carboxylic acid groups (broad SMARTS) is 1. The summed E-state index contributed by atoms with van der Waals surface area (Å²) in [5, 5.41) is 10.9. The van der Waals surface area contributed by atoms with Crippen LogP contribution in [0.2, 0.25) is 30.5 Å². The standard InChI is InChI=1S/C20H15ClF2N2O3.C18H11ClF2N2O3.C14H11Cl2FN2O3.C8H8Cl2N2O3.Na/c1-2-27-19(26)11-28-20-24-17(12-3-6-14(22)7-4-12)10-18(25-20)13-5-8-15(21)16(23)9-13;19-13-6-3-11(7-14(13)21)16-8-15(10-1-4-12(20)5-2-10)22-18(23-16)26-9-17(24)25;1-2-21-13(20)7-22-14-18-11(6-12(16)19-14)8-3-4-9(15)10(17)5-8;1-2-14-7(13)4-15-8-11-5(9)3-6(10)12-8;/h3-10H,2,11H2,1H3;1-8H,9H2,(H,24,25);3-6H,2,7H2,1H3;3H,2,4H2,1H3;/q;;;;+1/p-1. The van der Waals surface area contributed by atoms with E-state index in [1.54, 1.807) is 63.2 Å². The number of nitrogens with zero attached hydrogens (tertiary/aromatic N) is 8. The number of rotatable bonds is 20. The van der Waals surface area contributed by atoms with Gasteiger partial charge in [0.2, 0.25) is 0 Å². The van der Waals surface area contributed by atoms with E-state index in [2.05, 4.69) is 44.6 Å². The number of ether oxygens (including phenoxy) is 7. The van der Waals surface area contributed by atoms with E-state index < -0.39 is 59.6 Å². The van der Waals surface area contributed by atoms with Crippen molar-refractivity contribution in [3.05, 3.63) is 187 Å². The Labute approximate surface area is 572 Å². The maximum absolute atomic E-state index is 13.9. The minimum Gasteiger partial charge on any atom is -0.546 e. The van der Waals surface area contributed by atoms with Crippen LogP contribution in [0.5, 0.6) is 24.0 Å². The molecule has 0 aliphatic rings. The summed E-state index contributed by atoms with van der Waals surface area (Å²) < 4.78 is 102. The molecule has 474 valence electrons. The molecule has 0 aliphatic carbocycles. The van der Waals surface area contributed by atoms with Crippen LogP contribution in [0.25, 0.3) is 56.3 Å². The molecule has 32 heteroatoms. The molecule has 92 heavy (non-hydrogen) atoms. The van der Waals surface area contributed by atoms with Crippen LogP contribution in [0.15, 0.2) is 127 Å². The predicted molar refractivity (Wildman–Crippen MR) is 322 cm³/mol. The fourth-order valence-electron chi connectivity index (χ4n) is 6.92. The van der Waals surface area contributed by atoms with Crippen LogP contribution < -0.4 is 53.6 Å². The molecular weight excluding hydrogens is 1360 g/mol. The third-order valence-electron chi connectivity index (χ3n) is 10.8. The van der Waals surface area contributed by atoms with Crippen molar-refractivity contribution < 1.29 is 109 Å². The fraction of sp³-hybridized carbons (Fsp3) is 0.167. The van der Waals surface area contributed by atoms with Gasteiger partial charge in [0.1, 0.15) is 51.2 Å². The first-order chi connectivity index (χ1) is 43.5. The first kappa shape index (κ1) is 74.6. The second-order valence-electron chi connectivity index (χ2n) is 17.3. The molecule has 0 bridgehead atoms. The molecule has 4 aromatic heterocycles. The van der Waals surface area contributed by atoms with Gasteiger partial charge in [0, 0.05) is 39.9 Å². The normalized spacial score (nSPS) is 10.3. The van der Waals surface area contributed by atoms with Gasteiger partial charge in [-0.3, -0.25) is 0 Å². The molecule has 0 aliphatic heterocycles. The summed E-state index contributed by atoms with van der Waals surface area (Å²) in [6, 6.07) is 29.1. The number of benzene rings is 5. The molecule has 0 spiro atoms. The predicted octanol–water partition coefficient (Wildman–Crippen LogP) is 9.82. The number of carbonyl (C=O) groups is 4. The van der Waals surface area contributed by atoms with Gasteiger partial charge in [0.05, 0.1) is 69.3 Å². The van der Waals surface area contributed by atoms with Crippen molar-refractivity contribution in [3.8, 4) is 80.3 Å². The van der Waals surface area contributed by atoms with Crippen molar-refractivity contribution in [2.45, 2.75) is 20.8 Å². The van der Waals surface area contributed by atoms with Crippen molar-refractivity contribution in [2.24, 2.45) is 0 Å². The Morgan fingerprint density at radius 3 is 0.924 bits per heavy atom. The average molecular weight is 1400 g/mol. The van der Waals surface area contributed by atoms with Gasteiger partial charge in [-0.05, 0) is 118 Å². The zero-order valence-corrected chi connectivity index (χ0v) is 54.7. The third kappa shape index (κ3) is 24.5. The number of halogens is 11. The second-order valence-corrected chi connectivity index (χ2v) is 19.7. The Bertz CT molecular complexity index is 4000. The van der Waals surface area contributed by atoms with Gasteiger partial charge in [0.15, 0.2) is 19.8 Å². The smallest absolute Gasteiger partial charge is 0.546 e. The van der Waals surface area contributed by atoms with E-state index in [9.17, 15) is 46.2 Å². The Morgan fingerprint density at radius 1 is 0.359 bits per heavy atom. The molecule has 0 N–H and O–H groups in total. The monoisotopic (exact) mass is 1400 g/mol. The van der Waals surface area contributed by atoms with Crippen molar-refractivity contribution in [3.63, 3.8) is 0 Å². The van der Waals surface area contributed by atoms with Crippen LogP contribution in [0, 0.1) is 29.1 Å². The number of aliphatic carboxylic acids is 1. The number of aromatic nitrogens is 8. The van der Waals surface area contributed by atoms with Gasteiger partial charge in [-0.25, -0.2) is 36.3 Å². The molecule has 4 heterocycles. The van der Waals surface area contributed by atoms with Crippen molar-refractivity contribution in [1.82, 2.24) is 39.9 Å². The Balaban J connectivity index is 0.000000227. The van der Waals surface area contributed by atoms with E-state index in [4.69, 9.17) is 98.0 Å². The van der Waals surface area contributed by atoms with Gasteiger partial charge in [-0.15, -0.1) is 0 Å². The molecule has 9 rings (SSSR count). The van der Waals surface area contributed by atoms with Gasteiger partial charge in [-0.1, -0.05) is 87.8 Å². The third-order valence-corrected chi connectivity index (χ3v) is 12.3. The van der Waals surface area contributed by atoms with Crippen molar-refractivity contribution in [2.75, 3.05) is 46.2 Å². The zero-order valence-electron chi connectivity index (χ0n) is 48.2. The van der Waals surface area contributed by atoms with E-state index in [1.165, 1.54) is 84.9 Å². The summed E-state index contributed by atoms with van der Waals surface area (Å²) in [6.45, 7) is 4.06. The topological polar surface area (TPSA) is 259 Å². The molecule has 0 atom stereocenters. The minimum atomic E-state index is -1.44. The van der Waals surface area contributed by atoms with Gasteiger partial charge < -0.3 is 43.1 Å². The van der Waals surface area contributed by atoms with Crippen LogP contribution in [0.1, 0.15) is 20.8 Å². The fourth-order valence-corrected chi connectivity index (χ4v) is 7.86. The molecule has 0 amide bonds. The minimum absolute atomic E-state index is 0. The molecule has 0 radical (unpaired) electrons. The Morgan fingerprint density at radius 2 is 0.620 bits per heavy atom. The summed E-state index contributed by atoms with van der Waals surface area (Å²) >= 11 is 34.1. The van der Waals surface area contributed by atoms with Crippen LogP contribution >= 0.6 is 69.6 Å². The van der Waals surface area contributed by atoms with Crippen LogP contribution in [-0.2, 0) is 33.4 Å². The van der Waals surface area contributed by atoms with Gasteiger partial charge in [0.25, 0.3) is 0 Å². The van der Waals surface area contributed by atoms with E-state index in [0.29, 0.717) is 57.2 Å². The van der Waals surface area contributed by atoms with E-state index in [1.807, 2.05) is 0 Å². The van der Waals surface area contributed by atoms with Crippen molar-refractivity contribution >= 4 is 93.5 Å². The van der Waals surface area contributed by atoms with Gasteiger partial charge in [-0.2, -0.15) is 39.9 Å². The molecular formula is C60H44Cl6F5N8NaO12. The quantitative estimate of drug-likeness (QED) is 0.0226. The molecule has 20 nitrogen and oxygen atoms in total. The number of esters is 3. The number of hydrogen-bond acceptors (Lipinski definition) is 20. The summed E-state index contributed by atoms with van der Waals surface area (Å²) in [5.41, 5.74) is 4.15. The van der Waals surface area contributed by atoms with Gasteiger partial charge >= 0.3 is 71.5 Å². The molecule has 0 saturated heterocycles. The molecule has 5 aromatic carbocycles. The first-order valence-corrected chi connectivity index (χ1v) is 28.3. The maximum Gasteiger partial charge on any atom is 1.00 e. The number of hydrogen-bond donors (Lipinski definition) is 0. The maximum atomic E-state index is 13.9. The molecule has 9 aromatic rings. The van der Waals surface area contributed by atoms with E-state index in [-0.39, 0.29) is 123 Å². The average Bonchev–Trinajstić information content (AvgIpc) is 0.913.